The van der Waals surface area contributed by atoms with Gasteiger partial charge in [0, 0.05) is 0 Å². The average molecular weight is 126 g/mol. The zero-order valence-corrected chi connectivity index (χ0v) is 6.69. The molecule has 0 spiro atoms. The van der Waals surface area contributed by atoms with Crippen molar-refractivity contribution in [1.82, 2.24) is 0 Å². The van der Waals surface area contributed by atoms with Crippen LogP contribution in [0.2, 0.25) is 0 Å². The highest BCUT2D eigenvalue weighted by Gasteiger charge is 2.18. The van der Waals surface area contributed by atoms with Crippen molar-refractivity contribution in [2.75, 3.05) is 0 Å². The second-order valence-corrected chi connectivity index (χ2v) is 3.43. The summed E-state index contributed by atoms with van der Waals surface area (Å²) in [4.78, 5) is 0. The molecule has 0 aromatic carbocycles. The van der Waals surface area contributed by atoms with Crippen molar-refractivity contribution in [2.24, 2.45) is 11.8 Å². The van der Waals surface area contributed by atoms with Crippen molar-refractivity contribution < 1.29 is 0 Å². The van der Waals surface area contributed by atoms with E-state index >= 15 is 0 Å². The lowest BCUT2D eigenvalue weighted by atomic mass is 9.79. The number of rotatable bonds is 1. The Bertz CT molecular complexity index is 76.1. The Balaban J connectivity index is 2.30. The predicted octanol–water partition coefficient (Wildman–Crippen LogP) is 3.22. The molecule has 0 aromatic heterocycles. The summed E-state index contributed by atoms with van der Waals surface area (Å²) in [7, 11) is 0. The normalized spacial score (nSPS) is 36.7. The quantitative estimate of drug-likeness (QED) is 0.506. The van der Waals surface area contributed by atoms with E-state index < -0.39 is 0 Å². The average Bonchev–Trinajstić information content (AvgIpc) is 1.89. The summed E-state index contributed by atoms with van der Waals surface area (Å²) in [6, 6.07) is 0. The largest absolute Gasteiger partial charge is 0.0651 e. The molecule has 1 aliphatic rings. The molecule has 0 aromatic rings. The Morgan fingerprint density at radius 3 is 2.33 bits per heavy atom. The molecule has 0 nitrogen and oxygen atoms in total. The van der Waals surface area contributed by atoms with Gasteiger partial charge in [-0.25, -0.2) is 0 Å². The highest BCUT2D eigenvalue weighted by atomic mass is 14.2. The molecule has 0 saturated heterocycles. The third kappa shape index (κ3) is 1.70. The standard InChI is InChI=1S/C9H18/c1-3-9-7-5-4-6-8(9)2/h8-9H,3-7H2,1-2H3/t8?,9-/m1/s1. The highest BCUT2D eigenvalue weighted by Crippen LogP contribution is 2.31. The van der Waals surface area contributed by atoms with Crippen molar-refractivity contribution in [3.05, 3.63) is 0 Å². The van der Waals surface area contributed by atoms with Crippen LogP contribution in [0.25, 0.3) is 0 Å². The molecule has 9 heavy (non-hydrogen) atoms. The fourth-order valence-electron chi connectivity index (χ4n) is 2.00. The lowest BCUT2D eigenvalue weighted by Crippen LogP contribution is -2.15. The van der Waals surface area contributed by atoms with Crippen LogP contribution in [-0.2, 0) is 0 Å². The molecule has 1 saturated carbocycles. The fraction of sp³-hybridized carbons (Fsp3) is 1.00. The van der Waals surface area contributed by atoms with Crippen molar-refractivity contribution in [3.63, 3.8) is 0 Å². The van der Waals surface area contributed by atoms with Gasteiger partial charge in [-0.3, -0.25) is 0 Å². The molecule has 0 amide bonds. The number of hydrogen-bond acceptors (Lipinski definition) is 0. The Kier molecular flexibility index (Phi) is 2.56. The Morgan fingerprint density at radius 1 is 1.22 bits per heavy atom. The molecule has 1 fully saturated rings. The lowest BCUT2D eigenvalue weighted by Gasteiger charge is -2.27. The zero-order chi connectivity index (χ0) is 6.69. The molecule has 1 aliphatic carbocycles. The monoisotopic (exact) mass is 126 g/mol. The summed E-state index contributed by atoms with van der Waals surface area (Å²) in [5.74, 6) is 2.07. The van der Waals surface area contributed by atoms with Gasteiger partial charge in [-0.15, -0.1) is 0 Å². The molecule has 1 rings (SSSR count). The maximum Gasteiger partial charge on any atom is -0.0391 e. The van der Waals surface area contributed by atoms with Crippen molar-refractivity contribution in [1.29, 1.82) is 0 Å². The van der Waals surface area contributed by atoms with E-state index in [0.717, 1.165) is 11.8 Å². The molecule has 0 radical (unpaired) electrons. The summed E-state index contributed by atoms with van der Waals surface area (Å²) in [6.07, 6.45) is 7.36. The molecule has 0 N–H and O–H groups in total. The maximum absolute atomic E-state index is 2.41. The molecule has 2 atom stereocenters. The third-order valence-corrected chi connectivity index (χ3v) is 2.81. The molecular weight excluding hydrogens is 108 g/mol. The second-order valence-electron chi connectivity index (χ2n) is 3.43. The minimum Gasteiger partial charge on any atom is -0.0651 e. The topological polar surface area (TPSA) is 0 Å². The Labute approximate surface area is 58.7 Å². The van der Waals surface area contributed by atoms with Crippen LogP contribution in [0.1, 0.15) is 46.0 Å². The van der Waals surface area contributed by atoms with Gasteiger partial charge in [0.1, 0.15) is 0 Å². The van der Waals surface area contributed by atoms with E-state index in [4.69, 9.17) is 0 Å². The first-order chi connectivity index (χ1) is 4.34. The summed E-state index contributed by atoms with van der Waals surface area (Å²) < 4.78 is 0. The first kappa shape index (κ1) is 7.11. The highest BCUT2D eigenvalue weighted by molar-refractivity contribution is 4.70. The summed E-state index contributed by atoms with van der Waals surface area (Å²) >= 11 is 0. The first-order valence-corrected chi connectivity index (χ1v) is 4.34. The van der Waals surface area contributed by atoms with Crippen molar-refractivity contribution in [3.8, 4) is 0 Å². The summed E-state index contributed by atoms with van der Waals surface area (Å²) in [5, 5.41) is 0. The van der Waals surface area contributed by atoms with Crippen LogP contribution in [0.5, 0.6) is 0 Å². The molecule has 0 aliphatic heterocycles. The molecule has 0 bridgehead atoms. The van der Waals surface area contributed by atoms with Crippen LogP contribution in [0.4, 0.5) is 0 Å². The fourth-order valence-corrected chi connectivity index (χ4v) is 2.00. The van der Waals surface area contributed by atoms with E-state index in [1.54, 1.807) is 0 Å². The molecule has 1 unspecified atom stereocenters. The van der Waals surface area contributed by atoms with Gasteiger partial charge in [-0.1, -0.05) is 46.0 Å². The van der Waals surface area contributed by atoms with Gasteiger partial charge in [0.2, 0.25) is 0 Å². The zero-order valence-electron chi connectivity index (χ0n) is 6.69. The Hall–Kier alpha value is 0. The summed E-state index contributed by atoms with van der Waals surface area (Å²) in [5.41, 5.74) is 0. The van der Waals surface area contributed by atoms with Crippen LogP contribution in [0.3, 0.4) is 0 Å². The van der Waals surface area contributed by atoms with Gasteiger partial charge in [0.15, 0.2) is 0 Å². The number of hydrogen-bond donors (Lipinski definition) is 0. The van der Waals surface area contributed by atoms with Crippen molar-refractivity contribution >= 4 is 0 Å². The van der Waals surface area contributed by atoms with Crippen LogP contribution in [-0.4, -0.2) is 0 Å². The molecular formula is C9H18. The molecule has 54 valence electrons. The van der Waals surface area contributed by atoms with Crippen LogP contribution in [0.15, 0.2) is 0 Å². The van der Waals surface area contributed by atoms with E-state index in [2.05, 4.69) is 13.8 Å². The smallest absolute Gasteiger partial charge is 0.0391 e. The van der Waals surface area contributed by atoms with E-state index in [-0.39, 0.29) is 0 Å². The van der Waals surface area contributed by atoms with E-state index in [1.807, 2.05) is 0 Å². The molecule has 0 heteroatoms. The van der Waals surface area contributed by atoms with Gasteiger partial charge in [0.05, 0.1) is 0 Å². The minimum atomic E-state index is 1.02. The second kappa shape index (κ2) is 3.24. The first-order valence-electron chi connectivity index (χ1n) is 4.34. The van der Waals surface area contributed by atoms with Gasteiger partial charge in [0.25, 0.3) is 0 Å². The van der Waals surface area contributed by atoms with Crippen LogP contribution < -0.4 is 0 Å². The van der Waals surface area contributed by atoms with E-state index in [0.29, 0.717) is 0 Å². The minimum absolute atomic E-state index is 1.02. The Morgan fingerprint density at radius 2 is 1.89 bits per heavy atom. The van der Waals surface area contributed by atoms with Gasteiger partial charge >= 0.3 is 0 Å². The van der Waals surface area contributed by atoms with E-state index in [1.165, 1.54) is 32.1 Å². The third-order valence-electron chi connectivity index (χ3n) is 2.81. The van der Waals surface area contributed by atoms with E-state index in [9.17, 15) is 0 Å². The van der Waals surface area contributed by atoms with Crippen molar-refractivity contribution in [2.45, 2.75) is 46.0 Å². The maximum atomic E-state index is 2.41. The lowest BCUT2D eigenvalue weighted by molar-refractivity contribution is 0.249. The van der Waals surface area contributed by atoms with Gasteiger partial charge in [-0.05, 0) is 11.8 Å². The van der Waals surface area contributed by atoms with Crippen LogP contribution >= 0.6 is 0 Å². The van der Waals surface area contributed by atoms with Gasteiger partial charge in [-0.2, -0.15) is 0 Å². The van der Waals surface area contributed by atoms with Crippen LogP contribution in [0, 0.1) is 11.8 Å². The summed E-state index contributed by atoms with van der Waals surface area (Å²) in [6.45, 7) is 4.74. The SMILES string of the molecule is CC[C@@H]1CCCCC1C. The predicted molar refractivity (Wildman–Crippen MR) is 41.4 cm³/mol. The molecule has 0 heterocycles. The van der Waals surface area contributed by atoms with Gasteiger partial charge < -0.3 is 0 Å².